The number of nitrogen functional groups attached to an aromatic ring is 1. The van der Waals surface area contributed by atoms with Crippen LogP contribution in [0.5, 0.6) is 0 Å². The summed E-state index contributed by atoms with van der Waals surface area (Å²) in [5, 5.41) is 8.68. The third-order valence-corrected chi connectivity index (χ3v) is 10.6. The molecule has 0 aromatic heterocycles. The number of benzene rings is 6. The van der Waals surface area contributed by atoms with Gasteiger partial charge in [-0.25, -0.2) is 22.6 Å². The number of thiocarbonyl (C=S) groups is 2. The average molecular weight is 843 g/mol. The van der Waals surface area contributed by atoms with Crippen molar-refractivity contribution in [2.75, 3.05) is 25.1 Å². The van der Waals surface area contributed by atoms with Crippen molar-refractivity contribution in [3.63, 3.8) is 0 Å². The van der Waals surface area contributed by atoms with Gasteiger partial charge in [0.05, 0.1) is 28.4 Å². The van der Waals surface area contributed by atoms with Gasteiger partial charge >= 0.3 is 0 Å². The van der Waals surface area contributed by atoms with Gasteiger partial charge in [0.2, 0.25) is 0 Å². The topological polar surface area (TPSA) is 87.2 Å². The number of isothiocyanates is 1. The zero-order valence-corrected chi connectivity index (χ0v) is 34.6. The number of rotatable bonds is 7. The summed E-state index contributed by atoms with van der Waals surface area (Å²) in [6.07, 6.45) is 2.63. The second kappa shape index (κ2) is 20.6. The minimum Gasteiger partial charge on any atom is -0.399 e. The lowest BCUT2D eigenvalue weighted by Gasteiger charge is -2.10. The Kier molecular flexibility index (Phi) is 14.8. The number of nitrogens with zero attached hydrogens (tertiary/aromatic N) is 3. The molecule has 304 valence electrons. The molecule has 2 heterocycles. The normalized spacial score (nSPS) is 15.2. The fourth-order valence-corrected chi connectivity index (χ4v) is 7.12. The smallest absolute Gasteiger partial charge is 0.170 e. The molecule has 0 amide bonds. The number of aliphatic imine (C=N–C) groups is 3. The van der Waals surface area contributed by atoms with Gasteiger partial charge < -0.3 is 16.4 Å². The van der Waals surface area contributed by atoms with E-state index in [1.54, 1.807) is 14.1 Å². The van der Waals surface area contributed by atoms with Crippen LogP contribution in [0, 0.1) is 23.3 Å². The van der Waals surface area contributed by atoms with Crippen molar-refractivity contribution in [3.05, 3.63) is 179 Å². The van der Waals surface area contributed by atoms with E-state index >= 15 is 0 Å². The van der Waals surface area contributed by atoms with Crippen molar-refractivity contribution < 1.29 is 17.6 Å². The predicted octanol–water partition coefficient (Wildman–Crippen LogP) is 12.1. The van der Waals surface area contributed by atoms with Gasteiger partial charge in [0.1, 0.15) is 23.3 Å². The number of nitrogens with two attached hydrogens (primary N) is 1. The van der Waals surface area contributed by atoms with Gasteiger partial charge in [0.25, 0.3) is 0 Å². The van der Waals surface area contributed by atoms with Crippen LogP contribution in [-0.2, 0) is 0 Å². The van der Waals surface area contributed by atoms with Crippen LogP contribution in [0.4, 0.5) is 28.9 Å². The summed E-state index contributed by atoms with van der Waals surface area (Å²) in [6.45, 7) is 0. The number of halogens is 4. The molecule has 4 N–H and O–H groups in total. The highest BCUT2D eigenvalue weighted by molar-refractivity contribution is 7.80. The molecule has 0 aliphatic carbocycles. The maximum atomic E-state index is 14.1. The molecule has 0 bridgehead atoms. The average Bonchev–Trinajstić information content (AvgIpc) is 3.96. The maximum absolute atomic E-state index is 14.1. The van der Waals surface area contributed by atoms with Crippen molar-refractivity contribution in [2.45, 2.75) is 37.8 Å². The second-order valence-electron chi connectivity index (χ2n) is 13.9. The Morgan fingerprint density at radius 1 is 0.617 bits per heavy atom. The highest BCUT2D eigenvalue weighted by Gasteiger charge is 2.25. The van der Waals surface area contributed by atoms with Gasteiger partial charge in [0.15, 0.2) is 5.11 Å². The highest BCUT2D eigenvalue weighted by Crippen LogP contribution is 2.35. The first-order valence-corrected chi connectivity index (χ1v) is 20.0. The van der Waals surface area contributed by atoms with E-state index < -0.39 is 23.3 Å². The fraction of sp³-hybridized carbons (Fsp3) is 0.167. The molecular formula is C48H42F4N6S2. The van der Waals surface area contributed by atoms with Crippen molar-refractivity contribution in [1.29, 1.82) is 0 Å². The van der Waals surface area contributed by atoms with E-state index in [-0.39, 0.29) is 23.2 Å². The van der Waals surface area contributed by atoms with E-state index in [4.69, 9.17) is 18.0 Å². The summed E-state index contributed by atoms with van der Waals surface area (Å²) in [4.78, 5) is 12.5. The number of hydrogen-bond donors (Lipinski definition) is 3. The van der Waals surface area contributed by atoms with Crippen LogP contribution in [-0.4, -0.2) is 35.8 Å². The molecule has 6 aromatic carbocycles. The maximum Gasteiger partial charge on any atom is 0.170 e. The third kappa shape index (κ3) is 10.8. The SMILES string of the molecule is CN=C=S.CNC(=S)Nc1ccc(-c2ccc(C3CCC(c4c(F)cccc4F)=N3)cc2)cc1.Nc1ccc(-c2ccc(C3CCC(c4c(F)cccc4F)=N3)cc2)cc1. The Morgan fingerprint density at radius 3 is 1.32 bits per heavy atom. The van der Waals surface area contributed by atoms with Crippen molar-refractivity contribution in [2.24, 2.45) is 15.0 Å². The molecule has 2 atom stereocenters. The second-order valence-corrected chi connectivity index (χ2v) is 14.5. The van der Waals surface area contributed by atoms with Crippen LogP contribution in [0.25, 0.3) is 22.3 Å². The number of nitrogens with one attached hydrogen (secondary N) is 2. The van der Waals surface area contributed by atoms with Crippen LogP contribution >= 0.6 is 24.4 Å². The summed E-state index contributed by atoms with van der Waals surface area (Å²) in [6, 6.07) is 39.7. The summed E-state index contributed by atoms with van der Waals surface area (Å²) < 4.78 is 56.1. The summed E-state index contributed by atoms with van der Waals surface area (Å²) >= 11 is 9.25. The molecule has 8 rings (SSSR count). The molecule has 0 radical (unpaired) electrons. The van der Waals surface area contributed by atoms with Gasteiger partial charge in [-0.2, -0.15) is 0 Å². The first kappa shape index (κ1) is 43.3. The van der Waals surface area contributed by atoms with Gasteiger partial charge in [-0.05, 0) is 132 Å². The minimum atomic E-state index is -0.557. The zero-order chi connectivity index (χ0) is 42.6. The Morgan fingerprint density at radius 2 is 0.967 bits per heavy atom. The summed E-state index contributed by atoms with van der Waals surface area (Å²) in [5.41, 5.74) is 14.9. The summed E-state index contributed by atoms with van der Waals surface area (Å²) in [7, 11) is 3.36. The molecule has 0 fully saturated rings. The molecule has 6 aromatic rings. The quantitative estimate of drug-likeness (QED) is 0.0645. The Hall–Kier alpha value is -6.33. The van der Waals surface area contributed by atoms with Crippen LogP contribution in [0.3, 0.4) is 0 Å². The molecule has 12 heteroatoms. The largest absolute Gasteiger partial charge is 0.399 e. The van der Waals surface area contributed by atoms with Gasteiger partial charge in [0, 0.05) is 36.9 Å². The first-order chi connectivity index (χ1) is 29.1. The molecule has 2 unspecified atom stereocenters. The zero-order valence-electron chi connectivity index (χ0n) is 32.9. The molecule has 0 saturated carbocycles. The van der Waals surface area contributed by atoms with Gasteiger partial charge in [-0.15, -0.1) is 0 Å². The highest BCUT2D eigenvalue weighted by atomic mass is 32.1. The monoisotopic (exact) mass is 842 g/mol. The standard InChI is InChI=1S/C24H21F2N3S.C22H18F2N2.C2H3NS/c1-27-24(30)28-18-11-9-16(10-12-18)15-5-7-17(8-6-15)21-13-14-22(29-21)23-19(25)3-2-4-20(23)26;23-18-2-1-3-19(24)22(18)21-13-12-20(26-21)16-6-4-14(5-7-16)15-8-10-17(25)11-9-15;1-3-2-4/h2-12,21H,13-14H2,1H3,(H2,27,28,30);1-11,20H,12-13,25H2;1H3. The van der Waals surface area contributed by atoms with E-state index in [9.17, 15) is 17.6 Å². The van der Waals surface area contributed by atoms with Crippen LogP contribution in [0.1, 0.15) is 60.0 Å². The van der Waals surface area contributed by atoms with Gasteiger partial charge in [-0.3, -0.25) is 9.98 Å². The molecule has 6 nitrogen and oxygen atoms in total. The Labute approximate surface area is 358 Å². The minimum absolute atomic E-state index is 0.00285. The van der Waals surface area contributed by atoms with Crippen molar-refractivity contribution >= 4 is 57.5 Å². The Balaban J connectivity index is 0.000000186. The Bertz CT molecular complexity index is 2500. The summed E-state index contributed by atoms with van der Waals surface area (Å²) in [5.74, 6) is -2.22. The lowest BCUT2D eigenvalue weighted by molar-refractivity contribution is 0.577. The predicted molar refractivity (Wildman–Crippen MR) is 244 cm³/mol. The fourth-order valence-electron chi connectivity index (χ4n) is 7.00. The van der Waals surface area contributed by atoms with E-state index in [1.165, 1.54) is 36.4 Å². The van der Waals surface area contributed by atoms with E-state index in [0.29, 0.717) is 29.4 Å². The third-order valence-electron chi connectivity index (χ3n) is 10.1. The van der Waals surface area contributed by atoms with E-state index in [0.717, 1.165) is 57.6 Å². The van der Waals surface area contributed by atoms with Crippen molar-refractivity contribution in [1.82, 2.24) is 5.32 Å². The molecule has 0 saturated heterocycles. The lowest BCUT2D eigenvalue weighted by atomic mass is 9.99. The van der Waals surface area contributed by atoms with Crippen molar-refractivity contribution in [3.8, 4) is 22.3 Å². The van der Waals surface area contributed by atoms with E-state index in [1.807, 2.05) is 97.1 Å². The molecule has 2 aliphatic rings. The lowest BCUT2D eigenvalue weighted by Crippen LogP contribution is -2.23. The number of anilines is 2. The molecule has 60 heavy (non-hydrogen) atoms. The molecule has 2 aliphatic heterocycles. The first-order valence-electron chi connectivity index (χ1n) is 19.2. The molecular weight excluding hydrogens is 801 g/mol. The van der Waals surface area contributed by atoms with Crippen LogP contribution in [0.15, 0.2) is 148 Å². The van der Waals surface area contributed by atoms with Crippen LogP contribution < -0.4 is 16.4 Å². The molecule has 0 spiro atoms. The van der Waals surface area contributed by atoms with E-state index in [2.05, 4.69) is 43.0 Å². The number of hydrogen-bond acceptors (Lipinski definition) is 6. The van der Waals surface area contributed by atoms with Crippen LogP contribution in [0.2, 0.25) is 0 Å². The van der Waals surface area contributed by atoms with Gasteiger partial charge in [-0.1, -0.05) is 84.9 Å².